The topological polar surface area (TPSA) is 23.5 Å². The van der Waals surface area contributed by atoms with Crippen molar-refractivity contribution in [3.8, 4) is 0 Å². The number of hydrogen-bond donors (Lipinski definition) is 1. The molecule has 112 valence electrons. The van der Waals surface area contributed by atoms with Gasteiger partial charge < -0.3 is 10.0 Å². The van der Waals surface area contributed by atoms with Crippen molar-refractivity contribution in [3.63, 3.8) is 0 Å². The van der Waals surface area contributed by atoms with E-state index in [-0.39, 0.29) is 12.4 Å². The SMILES string of the molecule is C=CCC(O)(CCN1CCCCC1)c1ccccc1.Cl. The smallest absolute Gasteiger partial charge is 0.0942 e. The Morgan fingerprint density at radius 3 is 2.40 bits per heavy atom. The summed E-state index contributed by atoms with van der Waals surface area (Å²) in [6, 6.07) is 10.00. The molecule has 0 amide bonds. The van der Waals surface area contributed by atoms with Crippen LogP contribution in [0.2, 0.25) is 0 Å². The third kappa shape index (κ3) is 4.62. The van der Waals surface area contributed by atoms with Crippen LogP contribution in [0.25, 0.3) is 0 Å². The van der Waals surface area contributed by atoms with Gasteiger partial charge in [0.05, 0.1) is 5.60 Å². The zero-order valence-electron chi connectivity index (χ0n) is 12.1. The average Bonchev–Trinajstić information content (AvgIpc) is 2.48. The minimum absolute atomic E-state index is 0. The Balaban J connectivity index is 0.00000200. The van der Waals surface area contributed by atoms with E-state index in [0.29, 0.717) is 6.42 Å². The van der Waals surface area contributed by atoms with Crippen LogP contribution in [-0.2, 0) is 5.60 Å². The highest BCUT2D eigenvalue weighted by atomic mass is 35.5. The van der Waals surface area contributed by atoms with Gasteiger partial charge in [-0.1, -0.05) is 42.8 Å². The van der Waals surface area contributed by atoms with E-state index in [2.05, 4.69) is 11.5 Å². The molecule has 1 heterocycles. The summed E-state index contributed by atoms with van der Waals surface area (Å²) in [4.78, 5) is 2.47. The Kier molecular flexibility index (Phi) is 7.28. The Labute approximate surface area is 128 Å². The molecular formula is C17H26ClNO. The van der Waals surface area contributed by atoms with Crippen LogP contribution in [0.3, 0.4) is 0 Å². The van der Waals surface area contributed by atoms with E-state index in [1.165, 1.54) is 32.4 Å². The van der Waals surface area contributed by atoms with Gasteiger partial charge in [0.1, 0.15) is 0 Å². The molecule has 0 spiro atoms. The van der Waals surface area contributed by atoms with E-state index in [1.54, 1.807) is 0 Å². The van der Waals surface area contributed by atoms with Crippen LogP contribution < -0.4 is 0 Å². The van der Waals surface area contributed by atoms with Gasteiger partial charge >= 0.3 is 0 Å². The van der Waals surface area contributed by atoms with Gasteiger partial charge in [-0.3, -0.25) is 0 Å². The van der Waals surface area contributed by atoms with Crippen LogP contribution in [0, 0.1) is 0 Å². The monoisotopic (exact) mass is 295 g/mol. The highest BCUT2D eigenvalue weighted by Crippen LogP contribution is 2.29. The average molecular weight is 296 g/mol. The molecule has 0 saturated carbocycles. The van der Waals surface area contributed by atoms with Crippen LogP contribution >= 0.6 is 12.4 Å². The molecule has 3 heteroatoms. The molecule has 0 aromatic heterocycles. The molecular weight excluding hydrogens is 270 g/mol. The predicted molar refractivity (Wildman–Crippen MR) is 87.3 cm³/mol. The molecule has 1 N–H and O–H groups in total. The third-order valence-corrected chi connectivity index (χ3v) is 4.08. The lowest BCUT2D eigenvalue weighted by atomic mass is 9.87. The number of nitrogens with zero attached hydrogens (tertiary/aromatic N) is 1. The fourth-order valence-corrected chi connectivity index (χ4v) is 2.88. The number of hydrogen-bond acceptors (Lipinski definition) is 2. The van der Waals surface area contributed by atoms with Gasteiger partial charge in [0.25, 0.3) is 0 Å². The summed E-state index contributed by atoms with van der Waals surface area (Å²) < 4.78 is 0. The fourth-order valence-electron chi connectivity index (χ4n) is 2.88. The first-order valence-electron chi connectivity index (χ1n) is 7.36. The van der Waals surface area contributed by atoms with Crippen molar-refractivity contribution in [1.29, 1.82) is 0 Å². The number of piperidine rings is 1. The van der Waals surface area contributed by atoms with Crippen molar-refractivity contribution >= 4 is 12.4 Å². The molecule has 2 rings (SSSR count). The van der Waals surface area contributed by atoms with Crippen molar-refractivity contribution in [3.05, 3.63) is 48.6 Å². The van der Waals surface area contributed by atoms with Crippen molar-refractivity contribution in [2.75, 3.05) is 19.6 Å². The lowest BCUT2D eigenvalue weighted by Crippen LogP contribution is -2.36. The van der Waals surface area contributed by atoms with E-state index < -0.39 is 5.60 Å². The number of likely N-dealkylation sites (tertiary alicyclic amines) is 1. The molecule has 20 heavy (non-hydrogen) atoms. The maximum Gasteiger partial charge on any atom is 0.0942 e. The van der Waals surface area contributed by atoms with Crippen molar-refractivity contribution < 1.29 is 5.11 Å². The van der Waals surface area contributed by atoms with Crippen LogP contribution in [-0.4, -0.2) is 29.6 Å². The Hall–Kier alpha value is -0.830. The van der Waals surface area contributed by atoms with Crippen molar-refractivity contribution in [1.82, 2.24) is 4.90 Å². The molecule has 1 atom stereocenters. The number of aliphatic hydroxyl groups is 1. The molecule has 1 aliphatic rings. The van der Waals surface area contributed by atoms with E-state index in [9.17, 15) is 5.11 Å². The second-order valence-electron chi connectivity index (χ2n) is 5.54. The molecule has 1 unspecified atom stereocenters. The summed E-state index contributed by atoms with van der Waals surface area (Å²) in [6.45, 7) is 7.12. The van der Waals surface area contributed by atoms with Gasteiger partial charge in [-0.2, -0.15) is 0 Å². The second-order valence-corrected chi connectivity index (χ2v) is 5.54. The summed E-state index contributed by atoms with van der Waals surface area (Å²) in [5.74, 6) is 0. The molecule has 1 saturated heterocycles. The van der Waals surface area contributed by atoms with Crippen LogP contribution in [0.15, 0.2) is 43.0 Å². The summed E-state index contributed by atoms with van der Waals surface area (Å²) in [6.07, 6.45) is 7.17. The van der Waals surface area contributed by atoms with E-state index >= 15 is 0 Å². The minimum Gasteiger partial charge on any atom is -0.385 e. The predicted octanol–water partition coefficient (Wildman–Crippen LogP) is 3.75. The number of benzene rings is 1. The number of halogens is 1. The number of rotatable bonds is 6. The maximum atomic E-state index is 10.9. The first kappa shape index (κ1) is 17.2. The van der Waals surface area contributed by atoms with Gasteiger partial charge in [-0.25, -0.2) is 0 Å². The standard InChI is InChI=1S/C17H25NO.ClH/c1-2-11-17(19,16-9-5-3-6-10-16)12-15-18-13-7-4-8-14-18;/h2-3,5-6,9-10,19H,1,4,7-8,11-15H2;1H. The van der Waals surface area contributed by atoms with Gasteiger partial charge in [-0.05, 0) is 44.3 Å². The highest BCUT2D eigenvalue weighted by molar-refractivity contribution is 5.85. The van der Waals surface area contributed by atoms with Gasteiger partial charge in [0.2, 0.25) is 0 Å². The molecule has 1 fully saturated rings. The second kappa shape index (κ2) is 8.46. The molecule has 1 aliphatic heterocycles. The molecule has 0 radical (unpaired) electrons. The zero-order valence-corrected chi connectivity index (χ0v) is 12.9. The van der Waals surface area contributed by atoms with Crippen LogP contribution in [0.5, 0.6) is 0 Å². The first-order chi connectivity index (χ1) is 9.24. The van der Waals surface area contributed by atoms with E-state index in [4.69, 9.17) is 0 Å². The zero-order chi connectivity index (χ0) is 13.6. The van der Waals surface area contributed by atoms with Crippen molar-refractivity contribution in [2.24, 2.45) is 0 Å². The van der Waals surface area contributed by atoms with Crippen molar-refractivity contribution in [2.45, 2.75) is 37.7 Å². The molecule has 1 aromatic rings. The minimum atomic E-state index is -0.763. The third-order valence-electron chi connectivity index (χ3n) is 4.08. The summed E-state index contributed by atoms with van der Waals surface area (Å²) in [7, 11) is 0. The molecule has 0 aliphatic carbocycles. The first-order valence-corrected chi connectivity index (χ1v) is 7.36. The van der Waals surface area contributed by atoms with E-state index in [0.717, 1.165) is 18.5 Å². The summed E-state index contributed by atoms with van der Waals surface area (Å²) >= 11 is 0. The van der Waals surface area contributed by atoms with Gasteiger partial charge in [0.15, 0.2) is 0 Å². The summed E-state index contributed by atoms with van der Waals surface area (Å²) in [5.41, 5.74) is 0.243. The van der Waals surface area contributed by atoms with Gasteiger partial charge in [-0.15, -0.1) is 19.0 Å². The lowest BCUT2D eigenvalue weighted by Gasteiger charge is -2.32. The Bertz CT molecular complexity index is 389. The Morgan fingerprint density at radius 2 is 1.80 bits per heavy atom. The Morgan fingerprint density at radius 1 is 1.15 bits per heavy atom. The molecule has 2 nitrogen and oxygen atoms in total. The van der Waals surface area contributed by atoms with Gasteiger partial charge in [0, 0.05) is 6.54 Å². The van der Waals surface area contributed by atoms with Crippen LogP contribution in [0.4, 0.5) is 0 Å². The largest absolute Gasteiger partial charge is 0.385 e. The van der Waals surface area contributed by atoms with E-state index in [1.807, 2.05) is 36.4 Å². The quantitative estimate of drug-likeness (QED) is 0.808. The molecule has 1 aromatic carbocycles. The lowest BCUT2D eigenvalue weighted by molar-refractivity contribution is 0.0181. The highest BCUT2D eigenvalue weighted by Gasteiger charge is 2.28. The molecule has 0 bridgehead atoms. The maximum absolute atomic E-state index is 10.9. The van der Waals surface area contributed by atoms with Crippen LogP contribution in [0.1, 0.15) is 37.7 Å². The normalized spacial score (nSPS) is 18.9. The summed E-state index contributed by atoms with van der Waals surface area (Å²) in [5, 5.41) is 10.9. The fraction of sp³-hybridized carbons (Fsp3) is 0.529.